The summed E-state index contributed by atoms with van der Waals surface area (Å²) < 4.78 is 5.76. The average molecular weight is 286 g/mol. The lowest BCUT2D eigenvalue weighted by Gasteiger charge is -2.29. The highest BCUT2D eigenvalue weighted by Crippen LogP contribution is 2.25. The molecule has 0 aromatic rings. The van der Waals surface area contributed by atoms with E-state index in [4.69, 9.17) is 10.5 Å². The van der Waals surface area contributed by atoms with Crippen molar-refractivity contribution in [1.29, 1.82) is 0 Å². The fourth-order valence-corrected chi connectivity index (χ4v) is 2.59. The number of hydrogen-bond acceptors (Lipinski definition) is 4. The summed E-state index contributed by atoms with van der Waals surface area (Å²) >= 11 is 0. The van der Waals surface area contributed by atoms with Crippen molar-refractivity contribution in [3.63, 3.8) is 0 Å². The second kappa shape index (κ2) is 7.96. The Balaban J connectivity index is 2.17. The van der Waals surface area contributed by atoms with E-state index in [0.29, 0.717) is 19.3 Å². The van der Waals surface area contributed by atoms with Crippen LogP contribution < -0.4 is 11.1 Å². The van der Waals surface area contributed by atoms with Crippen molar-refractivity contribution in [3.05, 3.63) is 0 Å². The summed E-state index contributed by atoms with van der Waals surface area (Å²) in [5.41, 5.74) is 4.79. The fourth-order valence-electron chi connectivity index (χ4n) is 2.59. The van der Waals surface area contributed by atoms with Gasteiger partial charge in [-0.25, -0.2) is 0 Å². The van der Waals surface area contributed by atoms with Crippen LogP contribution in [0.1, 0.15) is 52.9 Å². The lowest BCUT2D eigenvalue weighted by Crippen LogP contribution is -2.46. The van der Waals surface area contributed by atoms with Gasteiger partial charge in [-0.05, 0) is 45.4 Å². The largest absolute Gasteiger partial charge is 0.389 e. The van der Waals surface area contributed by atoms with Crippen LogP contribution >= 0.6 is 0 Å². The third-order valence-electron chi connectivity index (χ3n) is 3.92. The van der Waals surface area contributed by atoms with Crippen LogP contribution in [0.25, 0.3) is 0 Å². The first-order valence-electron chi connectivity index (χ1n) is 7.61. The van der Waals surface area contributed by atoms with E-state index in [-0.39, 0.29) is 12.3 Å². The summed E-state index contributed by atoms with van der Waals surface area (Å²) in [5, 5.41) is 13.1. The first-order chi connectivity index (χ1) is 9.28. The van der Waals surface area contributed by atoms with Gasteiger partial charge in [0.25, 0.3) is 0 Å². The van der Waals surface area contributed by atoms with Crippen LogP contribution in [-0.2, 0) is 9.53 Å². The van der Waals surface area contributed by atoms with Crippen LogP contribution in [0.5, 0.6) is 0 Å². The van der Waals surface area contributed by atoms with E-state index in [0.717, 1.165) is 18.8 Å². The molecular weight excluding hydrogens is 256 g/mol. The summed E-state index contributed by atoms with van der Waals surface area (Å²) in [4.78, 5) is 10.9. The van der Waals surface area contributed by atoms with E-state index in [9.17, 15) is 9.90 Å². The zero-order valence-corrected chi connectivity index (χ0v) is 13.0. The number of nitrogens with one attached hydrogen (secondary N) is 1. The summed E-state index contributed by atoms with van der Waals surface area (Å²) in [5.74, 6) is 0.459. The zero-order valence-electron chi connectivity index (χ0n) is 13.0. The predicted molar refractivity (Wildman–Crippen MR) is 79.3 cm³/mol. The normalized spacial score (nSPS) is 25.4. The maximum absolute atomic E-state index is 10.9. The molecule has 0 heterocycles. The Kier molecular flexibility index (Phi) is 6.92. The predicted octanol–water partition coefficient (Wildman–Crippen LogP) is 1.19. The second-order valence-corrected chi connectivity index (χ2v) is 6.78. The third-order valence-corrected chi connectivity index (χ3v) is 3.92. The molecule has 1 unspecified atom stereocenters. The van der Waals surface area contributed by atoms with Crippen LogP contribution in [0.2, 0.25) is 0 Å². The van der Waals surface area contributed by atoms with Gasteiger partial charge in [-0.2, -0.15) is 0 Å². The lowest BCUT2D eigenvalue weighted by atomic mass is 9.89. The van der Waals surface area contributed by atoms with E-state index >= 15 is 0 Å². The van der Waals surface area contributed by atoms with Gasteiger partial charge in [-0.1, -0.05) is 6.92 Å². The maximum Gasteiger partial charge on any atom is 0.219 e. The molecule has 0 saturated heterocycles. The highest BCUT2D eigenvalue weighted by molar-refractivity contribution is 5.74. The number of carbonyl (C=O) groups excluding carboxylic acids is 1. The number of β-amino-alcohol motifs (C(OH)–C–C–N with tert-alkyl or cyclic N) is 1. The molecule has 0 spiro atoms. The Morgan fingerprint density at radius 1 is 1.40 bits per heavy atom. The number of rotatable bonds is 8. The summed E-state index contributed by atoms with van der Waals surface area (Å²) in [6, 6.07) is 0. The van der Waals surface area contributed by atoms with Crippen molar-refractivity contribution in [2.24, 2.45) is 11.7 Å². The van der Waals surface area contributed by atoms with Gasteiger partial charge < -0.3 is 20.9 Å². The smallest absolute Gasteiger partial charge is 0.219 e. The number of carbonyl (C=O) groups is 1. The number of hydrogen-bond donors (Lipinski definition) is 3. The van der Waals surface area contributed by atoms with Gasteiger partial charge in [0.15, 0.2) is 0 Å². The topological polar surface area (TPSA) is 84.6 Å². The molecule has 1 amide bonds. The fraction of sp³-hybridized carbons (Fsp3) is 0.933. The minimum atomic E-state index is -0.554. The highest BCUT2D eigenvalue weighted by atomic mass is 16.5. The highest BCUT2D eigenvalue weighted by Gasteiger charge is 2.22. The average Bonchev–Trinajstić information content (AvgIpc) is 2.34. The molecular formula is C15H30N2O3. The van der Waals surface area contributed by atoms with Crippen molar-refractivity contribution in [2.75, 3.05) is 13.2 Å². The van der Waals surface area contributed by atoms with Crippen molar-refractivity contribution in [1.82, 2.24) is 5.32 Å². The minimum Gasteiger partial charge on any atom is -0.389 e. The molecule has 4 N–H and O–H groups in total. The molecule has 1 fully saturated rings. The molecule has 1 saturated carbocycles. The van der Waals surface area contributed by atoms with Gasteiger partial charge in [-0.3, -0.25) is 4.79 Å². The monoisotopic (exact) mass is 286 g/mol. The van der Waals surface area contributed by atoms with Crippen LogP contribution in [0.3, 0.4) is 0 Å². The van der Waals surface area contributed by atoms with Gasteiger partial charge in [0, 0.05) is 18.5 Å². The maximum atomic E-state index is 10.9. The lowest BCUT2D eigenvalue weighted by molar-refractivity contribution is -0.119. The number of ether oxygens (including phenoxy) is 1. The zero-order chi connectivity index (χ0) is 15.2. The first-order valence-corrected chi connectivity index (χ1v) is 7.61. The second-order valence-electron chi connectivity index (χ2n) is 6.78. The van der Waals surface area contributed by atoms with Crippen LogP contribution in [-0.4, -0.2) is 41.9 Å². The first kappa shape index (κ1) is 17.4. The van der Waals surface area contributed by atoms with E-state index in [1.807, 2.05) is 13.8 Å². The molecule has 0 radical (unpaired) electrons. The van der Waals surface area contributed by atoms with E-state index in [1.165, 1.54) is 12.8 Å². The Morgan fingerprint density at radius 2 is 2.00 bits per heavy atom. The number of primary amides is 1. The molecule has 0 aromatic carbocycles. The van der Waals surface area contributed by atoms with Crippen molar-refractivity contribution >= 4 is 5.91 Å². The molecule has 0 bridgehead atoms. The van der Waals surface area contributed by atoms with Gasteiger partial charge >= 0.3 is 0 Å². The standard InChI is InChI=1S/C15H30N2O3/c1-11-4-6-13(7-5-11)20-10-12(18)9-17-15(2,3)8-14(16)19/h11-13,17-18H,4-10H2,1-3H3,(H2,16,19). The van der Waals surface area contributed by atoms with Gasteiger partial charge in [0.1, 0.15) is 0 Å². The summed E-state index contributed by atoms with van der Waals surface area (Å²) in [6.07, 6.45) is 4.60. The molecule has 20 heavy (non-hydrogen) atoms. The molecule has 118 valence electrons. The SMILES string of the molecule is CC1CCC(OCC(O)CNC(C)(C)CC(N)=O)CC1. The summed E-state index contributed by atoms with van der Waals surface area (Å²) in [7, 11) is 0. The molecule has 0 aliphatic heterocycles. The Hall–Kier alpha value is -0.650. The van der Waals surface area contributed by atoms with Crippen LogP contribution in [0, 0.1) is 5.92 Å². The van der Waals surface area contributed by atoms with Crippen molar-refractivity contribution in [3.8, 4) is 0 Å². The Labute approximate surface area is 122 Å². The van der Waals surface area contributed by atoms with Crippen molar-refractivity contribution < 1.29 is 14.6 Å². The minimum absolute atomic E-state index is 0.251. The Bertz CT molecular complexity index is 299. The van der Waals surface area contributed by atoms with Gasteiger partial charge in [-0.15, -0.1) is 0 Å². The quantitative estimate of drug-likeness (QED) is 0.625. The number of aliphatic hydroxyl groups is 1. The molecule has 1 atom stereocenters. The molecule has 1 aliphatic rings. The van der Waals surface area contributed by atoms with E-state index in [1.54, 1.807) is 0 Å². The molecule has 1 aliphatic carbocycles. The van der Waals surface area contributed by atoms with Gasteiger partial charge in [0.2, 0.25) is 5.91 Å². The van der Waals surface area contributed by atoms with Crippen LogP contribution in [0.15, 0.2) is 0 Å². The molecule has 0 aromatic heterocycles. The molecule has 5 nitrogen and oxygen atoms in total. The Morgan fingerprint density at radius 3 is 2.55 bits per heavy atom. The third kappa shape index (κ3) is 7.22. The number of amides is 1. The molecule has 5 heteroatoms. The van der Waals surface area contributed by atoms with E-state index < -0.39 is 11.6 Å². The summed E-state index contributed by atoms with van der Waals surface area (Å²) in [6.45, 7) is 6.82. The van der Waals surface area contributed by atoms with Crippen molar-refractivity contribution in [2.45, 2.75) is 70.6 Å². The van der Waals surface area contributed by atoms with Gasteiger partial charge in [0.05, 0.1) is 18.8 Å². The molecule has 1 rings (SSSR count). The number of nitrogens with two attached hydrogens (primary N) is 1. The van der Waals surface area contributed by atoms with E-state index in [2.05, 4.69) is 12.2 Å². The van der Waals surface area contributed by atoms with Crippen LogP contribution in [0.4, 0.5) is 0 Å². The number of aliphatic hydroxyl groups excluding tert-OH is 1.